The second-order valence-corrected chi connectivity index (χ2v) is 4.80. The van der Waals surface area contributed by atoms with E-state index < -0.39 is 0 Å². The van der Waals surface area contributed by atoms with Gasteiger partial charge < -0.3 is 9.47 Å². The van der Waals surface area contributed by atoms with Crippen LogP contribution in [0.3, 0.4) is 0 Å². The lowest BCUT2D eigenvalue weighted by Gasteiger charge is -2.28. The molecule has 0 aromatic heterocycles. The Hall–Kier alpha value is -0.600. The molecule has 0 bridgehead atoms. The number of rotatable bonds is 2. The van der Waals surface area contributed by atoms with E-state index in [-0.39, 0.29) is 12.4 Å². The number of ether oxygens (including phenoxy) is 2. The first-order valence-corrected chi connectivity index (χ1v) is 5.76. The maximum absolute atomic E-state index is 5.78. The minimum Gasteiger partial charge on any atom is -0.349 e. The van der Waals surface area contributed by atoms with E-state index in [0.717, 1.165) is 6.42 Å². The zero-order chi connectivity index (χ0) is 10.8. The Morgan fingerprint density at radius 1 is 1.53 bits per heavy atom. The molecule has 1 aliphatic heterocycles. The monoisotopic (exact) mass is 208 g/mol. The van der Waals surface area contributed by atoms with Crippen molar-refractivity contribution in [3.63, 3.8) is 0 Å². The van der Waals surface area contributed by atoms with Crippen LogP contribution in [0.5, 0.6) is 0 Å². The minimum atomic E-state index is -0.0147. The molecule has 0 N–H and O–H groups in total. The zero-order valence-corrected chi connectivity index (χ0v) is 9.61. The Bertz CT molecular complexity index is 270. The van der Waals surface area contributed by atoms with Gasteiger partial charge in [-0.3, -0.25) is 0 Å². The van der Waals surface area contributed by atoms with Crippen molar-refractivity contribution in [3.8, 4) is 0 Å². The zero-order valence-electron chi connectivity index (χ0n) is 9.61. The molecule has 84 valence electrons. The average molecular weight is 208 g/mol. The van der Waals surface area contributed by atoms with Crippen molar-refractivity contribution in [2.24, 2.45) is 11.8 Å². The van der Waals surface area contributed by atoms with Gasteiger partial charge in [0.2, 0.25) is 0 Å². The third-order valence-corrected chi connectivity index (χ3v) is 3.21. The summed E-state index contributed by atoms with van der Waals surface area (Å²) in [5, 5.41) is 0. The fraction of sp³-hybridized carbons (Fsp3) is 0.692. The van der Waals surface area contributed by atoms with E-state index in [2.05, 4.69) is 26.5 Å². The van der Waals surface area contributed by atoms with E-state index in [4.69, 9.17) is 9.47 Å². The average Bonchev–Trinajstić information content (AvgIpc) is 2.64. The molecule has 2 rings (SSSR count). The highest BCUT2D eigenvalue weighted by Gasteiger charge is 2.33. The van der Waals surface area contributed by atoms with Crippen molar-refractivity contribution in [1.29, 1.82) is 0 Å². The van der Waals surface area contributed by atoms with E-state index >= 15 is 0 Å². The maximum Gasteiger partial charge on any atom is 0.161 e. The first-order chi connectivity index (χ1) is 7.19. The summed E-state index contributed by atoms with van der Waals surface area (Å²) in [6.07, 6.45) is 6.55. The normalized spacial score (nSPS) is 41.3. The van der Waals surface area contributed by atoms with Crippen molar-refractivity contribution in [2.75, 3.05) is 6.61 Å². The van der Waals surface area contributed by atoms with Crippen LogP contribution < -0.4 is 0 Å². The molecular formula is C13H20O2. The second-order valence-electron chi connectivity index (χ2n) is 4.80. The number of hydrogen-bond acceptors (Lipinski definition) is 2. The second kappa shape index (κ2) is 4.50. The molecule has 0 radical (unpaired) electrons. The first kappa shape index (κ1) is 10.9. The van der Waals surface area contributed by atoms with Gasteiger partial charge in [0.05, 0.1) is 6.61 Å². The van der Waals surface area contributed by atoms with Crippen LogP contribution in [-0.2, 0) is 9.47 Å². The van der Waals surface area contributed by atoms with Gasteiger partial charge >= 0.3 is 0 Å². The summed E-state index contributed by atoms with van der Waals surface area (Å²) in [5.74, 6) is 1.17. The van der Waals surface area contributed by atoms with Crippen LogP contribution in [0, 0.1) is 11.8 Å². The van der Waals surface area contributed by atoms with E-state index in [0.29, 0.717) is 18.4 Å². The molecule has 0 saturated carbocycles. The summed E-state index contributed by atoms with van der Waals surface area (Å²) >= 11 is 0. The van der Waals surface area contributed by atoms with Crippen LogP contribution >= 0.6 is 0 Å². The highest BCUT2D eigenvalue weighted by atomic mass is 16.7. The molecule has 1 aliphatic carbocycles. The maximum atomic E-state index is 5.78. The lowest BCUT2D eigenvalue weighted by atomic mass is 9.83. The molecule has 15 heavy (non-hydrogen) atoms. The van der Waals surface area contributed by atoms with Crippen LogP contribution in [0.1, 0.15) is 26.7 Å². The predicted octanol–water partition coefficient (Wildman–Crippen LogP) is 2.91. The van der Waals surface area contributed by atoms with Crippen molar-refractivity contribution >= 4 is 0 Å². The Kier molecular flexibility index (Phi) is 3.27. The predicted molar refractivity (Wildman–Crippen MR) is 60.5 cm³/mol. The molecule has 1 saturated heterocycles. The molecule has 0 aromatic rings. The molecule has 0 amide bonds. The number of allylic oxidation sites excluding steroid dienone is 2. The van der Waals surface area contributed by atoms with Gasteiger partial charge in [-0.05, 0) is 25.7 Å². The highest BCUT2D eigenvalue weighted by molar-refractivity contribution is 5.07. The lowest BCUT2D eigenvalue weighted by Crippen LogP contribution is -2.26. The van der Waals surface area contributed by atoms with E-state index in [1.165, 1.54) is 12.0 Å². The molecule has 2 heteroatoms. The fourth-order valence-corrected chi connectivity index (χ4v) is 2.61. The minimum absolute atomic E-state index is 0.0147. The fourth-order valence-electron chi connectivity index (χ4n) is 2.61. The lowest BCUT2D eigenvalue weighted by molar-refractivity contribution is -0.0961. The SMILES string of the molecule is C=CC1COC(C2CC(C)=CC(C)C2)O1. The third kappa shape index (κ3) is 2.50. The summed E-state index contributed by atoms with van der Waals surface area (Å²) in [5.41, 5.74) is 1.47. The molecule has 1 heterocycles. The largest absolute Gasteiger partial charge is 0.349 e. The molecule has 2 aliphatic rings. The Labute approximate surface area is 92.0 Å². The van der Waals surface area contributed by atoms with Gasteiger partial charge in [-0.25, -0.2) is 0 Å². The standard InChI is InChI=1S/C13H20O2/c1-4-12-8-14-13(15-12)11-6-9(2)5-10(3)7-11/h4-5,9,11-13H,1,6-8H2,2-3H3. The molecule has 0 spiro atoms. The van der Waals surface area contributed by atoms with Crippen LogP contribution in [0.4, 0.5) is 0 Å². The quantitative estimate of drug-likeness (QED) is 0.650. The Balaban J connectivity index is 1.95. The first-order valence-electron chi connectivity index (χ1n) is 5.76. The molecule has 4 unspecified atom stereocenters. The van der Waals surface area contributed by atoms with Gasteiger partial charge in [0.1, 0.15) is 6.10 Å². The van der Waals surface area contributed by atoms with Crippen molar-refractivity contribution in [3.05, 3.63) is 24.3 Å². The van der Waals surface area contributed by atoms with Crippen LogP contribution in [0.15, 0.2) is 24.3 Å². The van der Waals surface area contributed by atoms with E-state index in [1.807, 2.05) is 6.08 Å². The van der Waals surface area contributed by atoms with Crippen LogP contribution in [0.2, 0.25) is 0 Å². The van der Waals surface area contributed by atoms with Crippen molar-refractivity contribution in [1.82, 2.24) is 0 Å². The van der Waals surface area contributed by atoms with Crippen molar-refractivity contribution < 1.29 is 9.47 Å². The molecule has 4 atom stereocenters. The molecule has 2 nitrogen and oxygen atoms in total. The van der Waals surface area contributed by atoms with Crippen LogP contribution in [0.25, 0.3) is 0 Å². The van der Waals surface area contributed by atoms with E-state index in [1.54, 1.807) is 0 Å². The summed E-state index contributed by atoms with van der Waals surface area (Å²) < 4.78 is 11.5. The smallest absolute Gasteiger partial charge is 0.161 e. The Morgan fingerprint density at radius 3 is 2.93 bits per heavy atom. The molecule has 0 aromatic carbocycles. The summed E-state index contributed by atoms with van der Waals surface area (Å²) in [6, 6.07) is 0. The number of hydrogen-bond donors (Lipinski definition) is 0. The third-order valence-electron chi connectivity index (χ3n) is 3.21. The van der Waals surface area contributed by atoms with Gasteiger partial charge in [0.25, 0.3) is 0 Å². The summed E-state index contributed by atoms with van der Waals surface area (Å²) in [4.78, 5) is 0. The van der Waals surface area contributed by atoms with Crippen LogP contribution in [-0.4, -0.2) is 19.0 Å². The van der Waals surface area contributed by atoms with Gasteiger partial charge in [0, 0.05) is 5.92 Å². The topological polar surface area (TPSA) is 18.5 Å². The molecular weight excluding hydrogens is 188 g/mol. The summed E-state index contributed by atoms with van der Waals surface area (Å²) in [7, 11) is 0. The summed E-state index contributed by atoms with van der Waals surface area (Å²) in [6.45, 7) is 8.86. The van der Waals surface area contributed by atoms with Gasteiger partial charge in [0.15, 0.2) is 6.29 Å². The van der Waals surface area contributed by atoms with Crippen molar-refractivity contribution in [2.45, 2.75) is 39.1 Å². The molecule has 1 fully saturated rings. The highest BCUT2D eigenvalue weighted by Crippen LogP contribution is 2.34. The van der Waals surface area contributed by atoms with Gasteiger partial charge in [-0.1, -0.05) is 24.6 Å². The van der Waals surface area contributed by atoms with E-state index in [9.17, 15) is 0 Å². The van der Waals surface area contributed by atoms with Gasteiger partial charge in [-0.15, -0.1) is 6.58 Å². The van der Waals surface area contributed by atoms with Gasteiger partial charge in [-0.2, -0.15) is 0 Å². The Morgan fingerprint density at radius 2 is 2.33 bits per heavy atom.